The van der Waals surface area contributed by atoms with Gasteiger partial charge in [0.05, 0.1) is 25.0 Å². The highest BCUT2D eigenvalue weighted by molar-refractivity contribution is 6.32. The number of nitrogens with one attached hydrogen (secondary N) is 1. The predicted molar refractivity (Wildman–Crippen MR) is 69.4 cm³/mol. The van der Waals surface area contributed by atoms with Crippen LogP contribution in [-0.2, 0) is 16.0 Å². The van der Waals surface area contributed by atoms with Gasteiger partial charge in [0.1, 0.15) is 11.6 Å². The maximum Gasteiger partial charge on any atom is 0.404 e. The molecule has 19 heavy (non-hydrogen) atoms. The smallest absolute Gasteiger partial charge is 0.404 e. The van der Waals surface area contributed by atoms with Crippen LogP contribution in [0.5, 0.6) is 0 Å². The fourth-order valence-electron chi connectivity index (χ4n) is 1.26. The third-order valence-electron chi connectivity index (χ3n) is 2.15. The topological polar surface area (TPSA) is 108 Å². The van der Waals surface area contributed by atoms with Crippen molar-refractivity contribution in [1.82, 2.24) is 9.78 Å². The van der Waals surface area contributed by atoms with Gasteiger partial charge in [-0.15, -0.1) is 0 Å². The van der Waals surface area contributed by atoms with Gasteiger partial charge < -0.3 is 20.5 Å². The fraction of sp³-hybridized carbons (Fsp3) is 0.500. The molecule has 0 atom stereocenters. The fourth-order valence-corrected chi connectivity index (χ4v) is 1.48. The Bertz CT molecular complexity index is 491. The number of anilines is 1. The van der Waals surface area contributed by atoms with Gasteiger partial charge in [0.2, 0.25) is 0 Å². The lowest BCUT2D eigenvalue weighted by Crippen LogP contribution is -2.26. The molecule has 1 aromatic rings. The minimum absolute atomic E-state index is 0.0187. The van der Waals surface area contributed by atoms with E-state index in [1.807, 2.05) is 0 Å². The summed E-state index contributed by atoms with van der Waals surface area (Å²) in [5, 5.41) is 6.77. The van der Waals surface area contributed by atoms with Crippen LogP contribution in [0, 0.1) is 0 Å². The van der Waals surface area contributed by atoms with E-state index in [1.54, 1.807) is 0 Å². The van der Waals surface area contributed by atoms with E-state index < -0.39 is 11.7 Å². The molecule has 0 aliphatic carbocycles. The molecule has 0 aliphatic heterocycles. The van der Waals surface area contributed by atoms with Crippen LogP contribution in [0.4, 0.5) is 10.5 Å². The number of amides is 1. The first-order chi connectivity index (χ1) is 9.06. The third kappa shape index (κ3) is 4.76. The van der Waals surface area contributed by atoms with Crippen LogP contribution >= 0.6 is 11.6 Å². The first-order valence-corrected chi connectivity index (χ1v) is 5.84. The number of primary amides is 1. The zero-order chi connectivity index (χ0) is 14.3. The van der Waals surface area contributed by atoms with Crippen LogP contribution in [0.2, 0.25) is 5.02 Å². The van der Waals surface area contributed by atoms with Crippen molar-refractivity contribution >= 4 is 23.4 Å². The number of hydrogen-bond donors (Lipinski definition) is 2. The van der Waals surface area contributed by atoms with Crippen molar-refractivity contribution in [1.29, 1.82) is 0 Å². The van der Waals surface area contributed by atoms with Gasteiger partial charge in [0.15, 0.2) is 0 Å². The Morgan fingerprint density at radius 1 is 1.58 bits per heavy atom. The molecule has 0 radical (unpaired) electrons. The normalized spacial score (nSPS) is 10.2. The van der Waals surface area contributed by atoms with E-state index >= 15 is 0 Å². The highest BCUT2D eigenvalue weighted by atomic mass is 35.5. The van der Waals surface area contributed by atoms with Crippen LogP contribution in [0.1, 0.15) is 0 Å². The molecular weight excluding hydrogens is 276 g/mol. The molecule has 1 amide bonds. The number of aromatic nitrogens is 2. The van der Waals surface area contributed by atoms with Crippen molar-refractivity contribution in [2.45, 2.75) is 6.54 Å². The first-order valence-electron chi connectivity index (χ1n) is 5.47. The summed E-state index contributed by atoms with van der Waals surface area (Å²) in [4.78, 5) is 22.1. The van der Waals surface area contributed by atoms with Crippen molar-refractivity contribution < 1.29 is 14.3 Å². The minimum Gasteiger partial charge on any atom is -0.448 e. The third-order valence-corrected chi connectivity index (χ3v) is 2.52. The molecule has 0 bridgehead atoms. The second-order valence-corrected chi connectivity index (χ2v) is 3.87. The summed E-state index contributed by atoms with van der Waals surface area (Å²) in [5.74, 6) is 0. The molecule has 8 nitrogen and oxygen atoms in total. The Hall–Kier alpha value is -1.80. The zero-order valence-electron chi connectivity index (χ0n) is 10.4. The van der Waals surface area contributed by atoms with Gasteiger partial charge in [-0.05, 0) is 0 Å². The van der Waals surface area contributed by atoms with Crippen LogP contribution in [0.3, 0.4) is 0 Å². The number of hydrogen-bond acceptors (Lipinski definition) is 6. The molecule has 0 saturated heterocycles. The summed E-state index contributed by atoms with van der Waals surface area (Å²) in [5.41, 5.74) is 4.75. The Morgan fingerprint density at radius 2 is 2.32 bits per heavy atom. The Morgan fingerprint density at radius 3 is 2.95 bits per heavy atom. The van der Waals surface area contributed by atoms with E-state index in [2.05, 4.69) is 15.2 Å². The Kier molecular flexibility index (Phi) is 6.10. The van der Waals surface area contributed by atoms with E-state index in [0.717, 1.165) is 0 Å². The zero-order valence-corrected chi connectivity index (χ0v) is 11.1. The highest BCUT2D eigenvalue weighted by Crippen LogP contribution is 2.14. The molecule has 3 N–H and O–H groups in total. The number of rotatable bonds is 7. The molecule has 0 unspecified atom stereocenters. The van der Waals surface area contributed by atoms with Crippen LogP contribution in [0.25, 0.3) is 0 Å². The molecule has 1 rings (SSSR count). The number of methoxy groups -OCH3 is 1. The second kappa shape index (κ2) is 7.59. The van der Waals surface area contributed by atoms with E-state index in [-0.39, 0.29) is 18.2 Å². The largest absolute Gasteiger partial charge is 0.448 e. The molecule has 0 fully saturated rings. The van der Waals surface area contributed by atoms with Gasteiger partial charge in [-0.25, -0.2) is 9.48 Å². The molecule has 0 aliphatic rings. The predicted octanol–water partition coefficient (Wildman–Crippen LogP) is 0.0503. The SMILES string of the molecule is COCCn1ncc(NCCOC(N)=O)c(Cl)c1=O. The number of ether oxygens (including phenoxy) is 2. The lowest BCUT2D eigenvalue weighted by atomic mass is 10.4. The van der Waals surface area contributed by atoms with Crippen molar-refractivity contribution in [3.63, 3.8) is 0 Å². The van der Waals surface area contributed by atoms with Gasteiger partial charge in [-0.1, -0.05) is 11.6 Å². The molecule has 0 spiro atoms. The molecule has 9 heteroatoms. The summed E-state index contributed by atoms with van der Waals surface area (Å²) >= 11 is 5.91. The van der Waals surface area contributed by atoms with Crippen molar-refractivity contribution in [2.24, 2.45) is 5.73 Å². The number of carbonyl (C=O) groups excluding carboxylic acids is 1. The molecule has 0 aromatic carbocycles. The van der Waals surface area contributed by atoms with Crippen LogP contribution in [0.15, 0.2) is 11.0 Å². The maximum absolute atomic E-state index is 11.8. The summed E-state index contributed by atoms with van der Waals surface area (Å²) in [7, 11) is 1.53. The van der Waals surface area contributed by atoms with Crippen molar-refractivity contribution in [3.8, 4) is 0 Å². The molecule has 1 heterocycles. The standard InChI is InChI=1S/C10H15ClN4O4/c1-18-5-3-15-9(16)8(11)7(6-14-15)13-2-4-19-10(12)17/h6,13H,2-5H2,1H3,(H2,12,17). The van der Waals surface area contributed by atoms with E-state index in [4.69, 9.17) is 22.1 Å². The van der Waals surface area contributed by atoms with Crippen LogP contribution < -0.4 is 16.6 Å². The van der Waals surface area contributed by atoms with Crippen molar-refractivity contribution in [2.75, 3.05) is 32.2 Å². The molecule has 1 aromatic heterocycles. The van der Waals surface area contributed by atoms with E-state index in [0.29, 0.717) is 18.8 Å². The van der Waals surface area contributed by atoms with E-state index in [1.165, 1.54) is 18.0 Å². The number of nitrogens with two attached hydrogens (primary N) is 1. The average molecular weight is 291 g/mol. The summed E-state index contributed by atoms with van der Waals surface area (Å²) < 4.78 is 10.6. The number of halogens is 1. The monoisotopic (exact) mass is 290 g/mol. The quantitative estimate of drug-likeness (QED) is 0.687. The lowest BCUT2D eigenvalue weighted by molar-refractivity contribution is 0.161. The summed E-state index contributed by atoms with van der Waals surface area (Å²) in [6.07, 6.45) is 0.560. The van der Waals surface area contributed by atoms with Gasteiger partial charge in [-0.3, -0.25) is 4.79 Å². The molecular formula is C10H15ClN4O4. The molecule has 0 saturated carbocycles. The first kappa shape index (κ1) is 15.3. The summed E-state index contributed by atoms with van der Waals surface area (Å²) in [6, 6.07) is 0. The highest BCUT2D eigenvalue weighted by Gasteiger charge is 2.08. The maximum atomic E-state index is 11.8. The lowest BCUT2D eigenvalue weighted by Gasteiger charge is -2.09. The van der Waals surface area contributed by atoms with Gasteiger partial charge in [0, 0.05) is 13.7 Å². The Balaban J connectivity index is 2.63. The Labute approximate surface area is 114 Å². The van der Waals surface area contributed by atoms with Gasteiger partial charge in [-0.2, -0.15) is 5.10 Å². The molecule has 106 valence electrons. The number of nitrogens with zero attached hydrogens (tertiary/aromatic N) is 2. The van der Waals surface area contributed by atoms with Crippen molar-refractivity contribution in [3.05, 3.63) is 21.6 Å². The van der Waals surface area contributed by atoms with Gasteiger partial charge >= 0.3 is 6.09 Å². The number of carbonyl (C=O) groups is 1. The summed E-state index contributed by atoms with van der Waals surface area (Å²) in [6.45, 7) is 1.02. The van der Waals surface area contributed by atoms with E-state index in [9.17, 15) is 9.59 Å². The minimum atomic E-state index is -0.860. The van der Waals surface area contributed by atoms with Gasteiger partial charge in [0.25, 0.3) is 5.56 Å². The second-order valence-electron chi connectivity index (χ2n) is 3.49. The average Bonchev–Trinajstić information content (AvgIpc) is 2.38. The van der Waals surface area contributed by atoms with Crippen LogP contribution in [-0.4, -0.2) is 42.7 Å².